The normalized spacial score (nSPS) is 11.5. The SMILES string of the molecule is Cc1nc(C)c(-c2ccc(SCC(=O)NC(C)(C)C)nn2)s1. The zero-order valence-corrected chi connectivity index (χ0v) is 15.1. The Bertz CT molecular complexity index is 659. The summed E-state index contributed by atoms with van der Waals surface area (Å²) < 4.78 is 0. The van der Waals surface area contributed by atoms with Crippen molar-refractivity contribution >= 4 is 29.0 Å². The Morgan fingerprint density at radius 3 is 2.50 bits per heavy atom. The van der Waals surface area contributed by atoms with Crippen LogP contribution in [0.5, 0.6) is 0 Å². The van der Waals surface area contributed by atoms with Gasteiger partial charge in [-0.3, -0.25) is 4.79 Å². The summed E-state index contributed by atoms with van der Waals surface area (Å²) in [5.41, 5.74) is 1.59. The summed E-state index contributed by atoms with van der Waals surface area (Å²) >= 11 is 3.00. The van der Waals surface area contributed by atoms with Crippen LogP contribution in [0.4, 0.5) is 0 Å². The number of aromatic nitrogens is 3. The lowest BCUT2D eigenvalue weighted by Gasteiger charge is -2.20. The first-order chi connectivity index (χ1) is 10.2. The van der Waals surface area contributed by atoms with Crippen molar-refractivity contribution in [3.8, 4) is 10.6 Å². The van der Waals surface area contributed by atoms with E-state index in [1.165, 1.54) is 11.8 Å². The van der Waals surface area contributed by atoms with E-state index >= 15 is 0 Å². The molecular formula is C15H20N4OS2. The average Bonchev–Trinajstić information content (AvgIpc) is 2.74. The number of nitrogens with zero attached hydrogens (tertiary/aromatic N) is 3. The topological polar surface area (TPSA) is 67.8 Å². The number of hydrogen-bond donors (Lipinski definition) is 1. The number of thiazole rings is 1. The fourth-order valence-corrected chi connectivity index (χ4v) is 3.38. The number of aryl methyl sites for hydroxylation is 2. The van der Waals surface area contributed by atoms with Crippen molar-refractivity contribution in [1.82, 2.24) is 20.5 Å². The Kier molecular flexibility index (Phi) is 5.18. The van der Waals surface area contributed by atoms with Gasteiger partial charge < -0.3 is 5.32 Å². The van der Waals surface area contributed by atoms with Crippen molar-refractivity contribution < 1.29 is 4.79 Å². The Morgan fingerprint density at radius 1 is 1.27 bits per heavy atom. The summed E-state index contributed by atoms with van der Waals surface area (Å²) in [5, 5.41) is 13.1. The molecule has 5 nitrogen and oxygen atoms in total. The van der Waals surface area contributed by atoms with E-state index in [0.717, 1.165) is 26.3 Å². The van der Waals surface area contributed by atoms with Gasteiger partial charge in [0.25, 0.3) is 0 Å². The highest BCUT2D eigenvalue weighted by atomic mass is 32.2. The lowest BCUT2D eigenvalue weighted by molar-refractivity contribution is -0.119. The van der Waals surface area contributed by atoms with E-state index in [2.05, 4.69) is 20.5 Å². The smallest absolute Gasteiger partial charge is 0.230 e. The number of thioether (sulfide) groups is 1. The van der Waals surface area contributed by atoms with Crippen molar-refractivity contribution in [3.63, 3.8) is 0 Å². The first-order valence-corrected chi connectivity index (χ1v) is 8.77. The molecule has 0 aromatic carbocycles. The van der Waals surface area contributed by atoms with Crippen molar-refractivity contribution in [2.24, 2.45) is 0 Å². The zero-order chi connectivity index (χ0) is 16.3. The lowest BCUT2D eigenvalue weighted by Crippen LogP contribution is -2.41. The van der Waals surface area contributed by atoms with Crippen molar-refractivity contribution in [2.45, 2.75) is 45.2 Å². The second-order valence-corrected chi connectivity index (χ2v) is 8.19. The third-order valence-electron chi connectivity index (χ3n) is 2.64. The number of carbonyl (C=O) groups excluding carboxylic acids is 1. The van der Waals surface area contributed by atoms with E-state index in [-0.39, 0.29) is 11.4 Å². The van der Waals surface area contributed by atoms with Gasteiger partial charge in [0.1, 0.15) is 10.7 Å². The summed E-state index contributed by atoms with van der Waals surface area (Å²) in [6.45, 7) is 9.84. The fourth-order valence-electron chi connectivity index (χ4n) is 1.88. The molecule has 0 radical (unpaired) electrons. The van der Waals surface area contributed by atoms with Gasteiger partial charge in [0.2, 0.25) is 5.91 Å². The highest BCUT2D eigenvalue weighted by molar-refractivity contribution is 7.99. The van der Waals surface area contributed by atoms with Gasteiger partial charge in [0.15, 0.2) is 0 Å². The van der Waals surface area contributed by atoms with Gasteiger partial charge in [-0.25, -0.2) is 4.98 Å². The molecule has 0 fully saturated rings. The van der Waals surface area contributed by atoms with Crippen LogP contribution in [-0.4, -0.2) is 32.4 Å². The molecule has 2 rings (SSSR count). The molecule has 1 amide bonds. The van der Waals surface area contributed by atoms with Crippen LogP contribution in [0.1, 0.15) is 31.5 Å². The van der Waals surface area contributed by atoms with Crippen LogP contribution in [0, 0.1) is 13.8 Å². The monoisotopic (exact) mass is 336 g/mol. The zero-order valence-electron chi connectivity index (χ0n) is 13.4. The molecule has 0 bridgehead atoms. The van der Waals surface area contributed by atoms with Crippen LogP contribution in [0.2, 0.25) is 0 Å². The third kappa shape index (κ3) is 4.78. The molecule has 2 aromatic heterocycles. The molecule has 2 aromatic rings. The first-order valence-electron chi connectivity index (χ1n) is 6.96. The fraction of sp³-hybridized carbons (Fsp3) is 0.467. The lowest BCUT2D eigenvalue weighted by atomic mass is 10.1. The van der Waals surface area contributed by atoms with Crippen LogP contribution < -0.4 is 5.32 Å². The minimum atomic E-state index is -0.214. The molecule has 1 N–H and O–H groups in total. The maximum Gasteiger partial charge on any atom is 0.230 e. The minimum Gasteiger partial charge on any atom is -0.351 e. The van der Waals surface area contributed by atoms with Crippen LogP contribution in [-0.2, 0) is 4.79 Å². The van der Waals surface area contributed by atoms with Gasteiger partial charge in [-0.05, 0) is 46.8 Å². The highest BCUT2D eigenvalue weighted by Crippen LogP contribution is 2.28. The maximum absolute atomic E-state index is 11.8. The quantitative estimate of drug-likeness (QED) is 0.868. The number of carbonyl (C=O) groups is 1. The van der Waals surface area contributed by atoms with E-state index in [0.29, 0.717) is 5.75 Å². The summed E-state index contributed by atoms with van der Waals surface area (Å²) in [6.07, 6.45) is 0. The molecule has 0 unspecified atom stereocenters. The van der Waals surface area contributed by atoms with E-state index in [1.807, 2.05) is 46.8 Å². The summed E-state index contributed by atoms with van der Waals surface area (Å²) in [4.78, 5) is 17.2. The van der Waals surface area contributed by atoms with Gasteiger partial charge >= 0.3 is 0 Å². The molecule has 118 valence electrons. The van der Waals surface area contributed by atoms with E-state index < -0.39 is 0 Å². The van der Waals surface area contributed by atoms with Gasteiger partial charge in [-0.2, -0.15) is 0 Å². The van der Waals surface area contributed by atoms with Crippen LogP contribution >= 0.6 is 23.1 Å². The van der Waals surface area contributed by atoms with Crippen molar-refractivity contribution in [2.75, 3.05) is 5.75 Å². The van der Waals surface area contributed by atoms with Crippen LogP contribution in [0.15, 0.2) is 17.2 Å². The minimum absolute atomic E-state index is 0.00250. The molecular weight excluding hydrogens is 316 g/mol. The standard InChI is InChI=1S/C15H20N4OS2/c1-9-14(22-10(2)16-9)11-6-7-13(19-18-11)21-8-12(20)17-15(3,4)5/h6-7H,8H2,1-5H3,(H,17,20). The van der Waals surface area contributed by atoms with Crippen molar-refractivity contribution in [1.29, 1.82) is 0 Å². The Hall–Kier alpha value is -1.47. The molecule has 0 aliphatic carbocycles. The Morgan fingerprint density at radius 2 is 2.00 bits per heavy atom. The molecule has 0 saturated heterocycles. The predicted molar refractivity (Wildman–Crippen MR) is 91.2 cm³/mol. The summed E-state index contributed by atoms with van der Waals surface area (Å²) in [6, 6.07) is 3.82. The number of hydrogen-bond acceptors (Lipinski definition) is 6. The molecule has 2 heterocycles. The van der Waals surface area contributed by atoms with E-state index in [9.17, 15) is 4.79 Å². The Balaban J connectivity index is 1.98. The maximum atomic E-state index is 11.8. The number of nitrogens with one attached hydrogen (secondary N) is 1. The summed E-state index contributed by atoms with van der Waals surface area (Å²) in [7, 11) is 0. The molecule has 7 heteroatoms. The largest absolute Gasteiger partial charge is 0.351 e. The Labute approximate surface area is 139 Å². The first kappa shape index (κ1) is 16.9. The average molecular weight is 336 g/mol. The van der Waals surface area contributed by atoms with Gasteiger partial charge in [0.05, 0.1) is 21.3 Å². The summed E-state index contributed by atoms with van der Waals surface area (Å²) in [5.74, 6) is 0.335. The van der Waals surface area contributed by atoms with Crippen LogP contribution in [0.3, 0.4) is 0 Å². The third-order valence-corrected chi connectivity index (χ3v) is 4.66. The molecule has 0 saturated carbocycles. The molecule has 0 atom stereocenters. The molecule has 0 aliphatic rings. The van der Waals surface area contributed by atoms with Crippen molar-refractivity contribution in [3.05, 3.63) is 22.8 Å². The highest BCUT2D eigenvalue weighted by Gasteiger charge is 2.14. The second-order valence-electron chi connectivity index (χ2n) is 5.99. The number of amides is 1. The predicted octanol–water partition coefficient (Wildman–Crippen LogP) is 3.22. The van der Waals surface area contributed by atoms with E-state index in [4.69, 9.17) is 0 Å². The molecule has 22 heavy (non-hydrogen) atoms. The van der Waals surface area contributed by atoms with Gasteiger partial charge in [0, 0.05) is 5.54 Å². The number of rotatable bonds is 4. The van der Waals surface area contributed by atoms with Gasteiger partial charge in [-0.1, -0.05) is 11.8 Å². The van der Waals surface area contributed by atoms with Crippen LogP contribution in [0.25, 0.3) is 10.6 Å². The molecule has 0 spiro atoms. The molecule has 0 aliphatic heterocycles. The second kappa shape index (κ2) is 6.75. The van der Waals surface area contributed by atoms with Gasteiger partial charge in [-0.15, -0.1) is 21.5 Å². The van der Waals surface area contributed by atoms with E-state index in [1.54, 1.807) is 11.3 Å².